The Balaban J connectivity index is 2.23. The van der Waals surface area contributed by atoms with Crippen molar-refractivity contribution in [1.29, 1.82) is 0 Å². The minimum Gasteiger partial charge on any atom is -0.356 e. The average Bonchev–Trinajstić information content (AvgIpc) is 2.28. The van der Waals surface area contributed by atoms with Gasteiger partial charge in [0.15, 0.2) is 0 Å². The SMILES string of the molecule is CN1CCC(C)(CNC(=O)CCCCl)CC1. The highest BCUT2D eigenvalue weighted by Crippen LogP contribution is 2.29. The number of hydrogen-bond donors (Lipinski definition) is 1. The van der Waals surface area contributed by atoms with E-state index in [4.69, 9.17) is 11.6 Å². The summed E-state index contributed by atoms with van der Waals surface area (Å²) in [5.41, 5.74) is 0.281. The zero-order valence-electron chi connectivity index (χ0n) is 10.4. The van der Waals surface area contributed by atoms with Gasteiger partial charge in [0.2, 0.25) is 5.91 Å². The van der Waals surface area contributed by atoms with Crippen LogP contribution in [0.2, 0.25) is 0 Å². The van der Waals surface area contributed by atoms with Gasteiger partial charge in [-0.05, 0) is 44.8 Å². The number of alkyl halides is 1. The van der Waals surface area contributed by atoms with Crippen LogP contribution < -0.4 is 5.32 Å². The van der Waals surface area contributed by atoms with Crippen LogP contribution in [0.4, 0.5) is 0 Å². The van der Waals surface area contributed by atoms with Gasteiger partial charge in [-0.1, -0.05) is 6.92 Å². The van der Waals surface area contributed by atoms with E-state index in [0.717, 1.165) is 26.1 Å². The van der Waals surface area contributed by atoms with E-state index in [1.807, 2.05) is 0 Å². The van der Waals surface area contributed by atoms with E-state index >= 15 is 0 Å². The lowest BCUT2D eigenvalue weighted by Crippen LogP contribution is -2.43. The van der Waals surface area contributed by atoms with Gasteiger partial charge in [0.05, 0.1) is 0 Å². The van der Waals surface area contributed by atoms with Crippen molar-refractivity contribution in [3.8, 4) is 0 Å². The molecule has 1 rings (SSSR count). The average molecular weight is 247 g/mol. The van der Waals surface area contributed by atoms with E-state index < -0.39 is 0 Å². The van der Waals surface area contributed by atoms with Gasteiger partial charge in [0.25, 0.3) is 0 Å². The molecule has 0 aliphatic carbocycles. The summed E-state index contributed by atoms with van der Waals surface area (Å²) < 4.78 is 0. The van der Waals surface area contributed by atoms with Crippen LogP contribution in [0.1, 0.15) is 32.6 Å². The lowest BCUT2D eigenvalue weighted by atomic mass is 9.80. The van der Waals surface area contributed by atoms with Gasteiger partial charge in [0.1, 0.15) is 0 Å². The van der Waals surface area contributed by atoms with Crippen LogP contribution in [0, 0.1) is 5.41 Å². The Morgan fingerprint density at radius 1 is 1.44 bits per heavy atom. The molecule has 0 unspecified atom stereocenters. The standard InChI is InChI=1S/C12H23ClN2O/c1-12(5-8-15(2)9-6-12)10-14-11(16)4-3-7-13/h3-10H2,1-2H3,(H,14,16). The molecule has 1 aliphatic heterocycles. The predicted octanol–water partition coefficient (Wildman–Crippen LogP) is 1.85. The monoisotopic (exact) mass is 246 g/mol. The Kier molecular flexibility index (Phi) is 5.56. The molecule has 1 fully saturated rings. The number of likely N-dealkylation sites (tertiary alicyclic amines) is 1. The van der Waals surface area contributed by atoms with Crippen molar-refractivity contribution in [2.75, 3.05) is 32.6 Å². The van der Waals surface area contributed by atoms with Crippen LogP contribution in [0.3, 0.4) is 0 Å². The number of hydrogen-bond acceptors (Lipinski definition) is 2. The molecule has 1 amide bonds. The first-order chi connectivity index (χ1) is 7.56. The van der Waals surface area contributed by atoms with Gasteiger partial charge >= 0.3 is 0 Å². The summed E-state index contributed by atoms with van der Waals surface area (Å²) >= 11 is 5.55. The molecule has 1 aliphatic rings. The molecule has 0 aromatic rings. The summed E-state index contributed by atoms with van der Waals surface area (Å²) in [5, 5.41) is 3.03. The third-order valence-electron chi connectivity index (χ3n) is 3.44. The highest BCUT2D eigenvalue weighted by Gasteiger charge is 2.28. The fourth-order valence-electron chi connectivity index (χ4n) is 1.96. The third-order valence-corrected chi connectivity index (χ3v) is 3.71. The number of piperidine rings is 1. The molecule has 0 aromatic carbocycles. The van der Waals surface area contributed by atoms with E-state index in [1.165, 1.54) is 12.8 Å². The second-order valence-corrected chi connectivity index (χ2v) is 5.56. The summed E-state index contributed by atoms with van der Waals surface area (Å²) in [7, 11) is 2.15. The summed E-state index contributed by atoms with van der Waals surface area (Å²) in [6.45, 7) is 5.34. The molecule has 16 heavy (non-hydrogen) atoms. The minimum absolute atomic E-state index is 0.140. The van der Waals surface area contributed by atoms with E-state index in [0.29, 0.717) is 12.3 Å². The van der Waals surface area contributed by atoms with Crippen LogP contribution >= 0.6 is 11.6 Å². The first-order valence-electron chi connectivity index (χ1n) is 6.07. The Morgan fingerprint density at radius 2 is 2.06 bits per heavy atom. The third kappa shape index (κ3) is 4.71. The highest BCUT2D eigenvalue weighted by molar-refractivity contribution is 6.17. The number of carbonyl (C=O) groups is 1. The molecule has 0 radical (unpaired) electrons. The maximum atomic E-state index is 11.5. The smallest absolute Gasteiger partial charge is 0.220 e. The van der Waals surface area contributed by atoms with E-state index in [-0.39, 0.29) is 11.3 Å². The number of nitrogens with zero attached hydrogens (tertiary/aromatic N) is 1. The van der Waals surface area contributed by atoms with Crippen LogP contribution in [-0.2, 0) is 4.79 Å². The van der Waals surface area contributed by atoms with Gasteiger partial charge in [-0.3, -0.25) is 4.79 Å². The van der Waals surface area contributed by atoms with Gasteiger partial charge in [-0.25, -0.2) is 0 Å². The van der Waals surface area contributed by atoms with Crippen molar-refractivity contribution in [3.63, 3.8) is 0 Å². The molecule has 0 spiro atoms. The Bertz CT molecular complexity index is 225. The van der Waals surface area contributed by atoms with E-state index in [2.05, 4.69) is 24.2 Å². The highest BCUT2D eigenvalue weighted by atomic mass is 35.5. The van der Waals surface area contributed by atoms with Crippen molar-refractivity contribution in [2.45, 2.75) is 32.6 Å². The van der Waals surface area contributed by atoms with E-state index in [1.54, 1.807) is 0 Å². The van der Waals surface area contributed by atoms with Crippen LogP contribution in [0.15, 0.2) is 0 Å². The first kappa shape index (κ1) is 13.8. The molecule has 3 nitrogen and oxygen atoms in total. The molecule has 94 valence electrons. The molecule has 0 saturated carbocycles. The maximum absolute atomic E-state index is 11.5. The van der Waals surface area contributed by atoms with Crippen LogP contribution in [0.25, 0.3) is 0 Å². The van der Waals surface area contributed by atoms with Gasteiger partial charge in [-0.2, -0.15) is 0 Å². The van der Waals surface area contributed by atoms with Crippen molar-refractivity contribution in [2.24, 2.45) is 5.41 Å². The molecule has 0 bridgehead atoms. The largest absolute Gasteiger partial charge is 0.356 e. The summed E-state index contributed by atoms with van der Waals surface area (Å²) in [5.74, 6) is 0.705. The quantitative estimate of drug-likeness (QED) is 0.751. The number of rotatable bonds is 5. The molecule has 1 saturated heterocycles. The zero-order chi connectivity index (χ0) is 12.0. The molecule has 4 heteroatoms. The van der Waals surface area contributed by atoms with Gasteiger partial charge in [0, 0.05) is 18.8 Å². The second kappa shape index (κ2) is 6.45. The first-order valence-corrected chi connectivity index (χ1v) is 6.60. The van der Waals surface area contributed by atoms with Gasteiger partial charge < -0.3 is 10.2 Å². The van der Waals surface area contributed by atoms with E-state index in [9.17, 15) is 4.79 Å². The molecule has 0 atom stereocenters. The van der Waals surface area contributed by atoms with Crippen molar-refractivity contribution < 1.29 is 4.79 Å². The Morgan fingerprint density at radius 3 is 2.62 bits per heavy atom. The zero-order valence-corrected chi connectivity index (χ0v) is 11.1. The van der Waals surface area contributed by atoms with Crippen molar-refractivity contribution in [1.82, 2.24) is 10.2 Å². The summed E-state index contributed by atoms with van der Waals surface area (Å²) in [6, 6.07) is 0. The number of halogens is 1. The fraction of sp³-hybridized carbons (Fsp3) is 0.917. The molecule has 1 heterocycles. The molecular weight excluding hydrogens is 224 g/mol. The molecule has 0 aromatic heterocycles. The van der Waals surface area contributed by atoms with Crippen molar-refractivity contribution >= 4 is 17.5 Å². The Hall–Kier alpha value is -0.280. The summed E-state index contributed by atoms with van der Waals surface area (Å²) in [6.07, 6.45) is 3.66. The van der Waals surface area contributed by atoms with Crippen LogP contribution in [0.5, 0.6) is 0 Å². The minimum atomic E-state index is 0.140. The number of carbonyl (C=O) groups excluding carboxylic acids is 1. The Labute approximate surface area is 104 Å². The topological polar surface area (TPSA) is 32.3 Å². The van der Waals surface area contributed by atoms with Crippen molar-refractivity contribution in [3.05, 3.63) is 0 Å². The predicted molar refractivity (Wildman–Crippen MR) is 67.8 cm³/mol. The van der Waals surface area contributed by atoms with Crippen LogP contribution in [-0.4, -0.2) is 43.4 Å². The second-order valence-electron chi connectivity index (χ2n) is 5.18. The number of nitrogens with one attached hydrogen (secondary N) is 1. The number of amides is 1. The molecular formula is C12H23ClN2O. The lowest BCUT2D eigenvalue weighted by Gasteiger charge is -2.37. The fourth-order valence-corrected chi connectivity index (χ4v) is 2.10. The van der Waals surface area contributed by atoms with Gasteiger partial charge in [-0.15, -0.1) is 11.6 Å². The molecule has 1 N–H and O–H groups in total. The lowest BCUT2D eigenvalue weighted by molar-refractivity contribution is -0.121. The normalized spacial score (nSPS) is 20.7. The summed E-state index contributed by atoms with van der Waals surface area (Å²) in [4.78, 5) is 13.8. The maximum Gasteiger partial charge on any atom is 0.220 e.